The van der Waals surface area contributed by atoms with Gasteiger partial charge in [0.1, 0.15) is 0 Å². The van der Waals surface area contributed by atoms with Crippen LogP contribution < -0.4 is 5.43 Å². The Kier molecular flexibility index (Phi) is 4.63. The summed E-state index contributed by atoms with van der Waals surface area (Å²) >= 11 is 0. The smallest absolute Gasteiger partial charge is 0.271 e. The molecule has 1 amide bonds. The quantitative estimate of drug-likeness (QED) is 0.660. The molecule has 0 heterocycles. The molecule has 2 rings (SSSR count). The molecule has 0 bridgehead atoms. The average molecular weight is 268 g/mol. The van der Waals surface area contributed by atoms with Crippen molar-refractivity contribution >= 4 is 12.1 Å². The van der Waals surface area contributed by atoms with Crippen molar-refractivity contribution in [2.45, 2.75) is 13.5 Å². The lowest BCUT2D eigenvalue weighted by molar-refractivity contribution is 0.0952. The number of hydrogen-bond acceptors (Lipinski definition) is 3. The third-order valence-electron chi connectivity index (χ3n) is 2.89. The van der Waals surface area contributed by atoms with Gasteiger partial charge < -0.3 is 5.11 Å². The van der Waals surface area contributed by atoms with E-state index >= 15 is 0 Å². The van der Waals surface area contributed by atoms with Crippen LogP contribution in [0, 0.1) is 6.92 Å². The number of hydrogen-bond donors (Lipinski definition) is 2. The number of nitrogens with one attached hydrogen (secondary N) is 1. The van der Waals surface area contributed by atoms with E-state index in [1.165, 1.54) is 5.56 Å². The summed E-state index contributed by atoms with van der Waals surface area (Å²) in [5.41, 5.74) is 5.54. The Labute approximate surface area is 117 Å². The highest BCUT2D eigenvalue weighted by Crippen LogP contribution is 2.08. The van der Waals surface area contributed by atoms with Crippen molar-refractivity contribution in [1.29, 1.82) is 0 Å². The van der Waals surface area contributed by atoms with E-state index in [-0.39, 0.29) is 12.5 Å². The van der Waals surface area contributed by atoms with E-state index in [0.717, 1.165) is 5.56 Å². The lowest BCUT2D eigenvalue weighted by Crippen LogP contribution is -2.19. The molecule has 0 aliphatic rings. The summed E-state index contributed by atoms with van der Waals surface area (Å²) in [4.78, 5) is 11.9. The Morgan fingerprint density at radius 1 is 1.20 bits per heavy atom. The molecule has 4 heteroatoms. The molecule has 0 unspecified atom stereocenters. The van der Waals surface area contributed by atoms with Crippen LogP contribution in [0.25, 0.3) is 0 Å². The molecule has 0 saturated heterocycles. The van der Waals surface area contributed by atoms with Crippen LogP contribution in [0.1, 0.15) is 27.0 Å². The third kappa shape index (κ3) is 3.52. The Morgan fingerprint density at radius 2 is 1.90 bits per heavy atom. The zero-order chi connectivity index (χ0) is 14.4. The van der Waals surface area contributed by atoms with Crippen molar-refractivity contribution in [3.63, 3.8) is 0 Å². The van der Waals surface area contributed by atoms with Gasteiger partial charge in [-0.3, -0.25) is 4.79 Å². The molecule has 0 radical (unpaired) electrons. The van der Waals surface area contributed by atoms with Gasteiger partial charge in [-0.2, -0.15) is 5.10 Å². The number of rotatable bonds is 4. The lowest BCUT2D eigenvalue weighted by Gasteiger charge is -2.04. The predicted molar refractivity (Wildman–Crippen MR) is 78.6 cm³/mol. The van der Waals surface area contributed by atoms with Crippen LogP contribution in [0.5, 0.6) is 0 Å². The van der Waals surface area contributed by atoms with Gasteiger partial charge in [0, 0.05) is 5.56 Å². The molecule has 0 fully saturated rings. The monoisotopic (exact) mass is 268 g/mol. The highest BCUT2D eigenvalue weighted by Gasteiger charge is 2.08. The summed E-state index contributed by atoms with van der Waals surface area (Å²) in [6.45, 7) is 1.83. The Bertz CT molecular complexity index is 619. The van der Waals surface area contributed by atoms with Crippen molar-refractivity contribution in [3.05, 3.63) is 70.8 Å². The Hall–Kier alpha value is -2.46. The summed E-state index contributed by atoms with van der Waals surface area (Å²) < 4.78 is 0. The third-order valence-corrected chi connectivity index (χ3v) is 2.89. The van der Waals surface area contributed by atoms with Gasteiger partial charge >= 0.3 is 0 Å². The second-order valence-electron chi connectivity index (χ2n) is 4.43. The largest absolute Gasteiger partial charge is 0.392 e. The molecular formula is C16H16N2O2. The number of aliphatic hydroxyl groups excluding tert-OH is 1. The van der Waals surface area contributed by atoms with Gasteiger partial charge in [0.05, 0.1) is 12.8 Å². The maximum atomic E-state index is 11.9. The van der Waals surface area contributed by atoms with Crippen LogP contribution in [0.3, 0.4) is 0 Å². The number of amides is 1. The molecule has 0 aromatic heterocycles. The van der Waals surface area contributed by atoms with E-state index in [9.17, 15) is 9.90 Å². The molecule has 2 aromatic carbocycles. The SMILES string of the molecule is Cc1ccc(/C=N/NC(=O)c2ccccc2CO)cc1. The lowest BCUT2D eigenvalue weighted by atomic mass is 10.1. The molecule has 0 aliphatic carbocycles. The number of carbonyl (C=O) groups is 1. The number of hydrazone groups is 1. The van der Waals surface area contributed by atoms with Gasteiger partial charge in [-0.05, 0) is 24.1 Å². The van der Waals surface area contributed by atoms with Crippen molar-refractivity contribution in [2.24, 2.45) is 5.10 Å². The zero-order valence-electron chi connectivity index (χ0n) is 11.2. The summed E-state index contributed by atoms with van der Waals surface area (Å²) in [6, 6.07) is 14.7. The number of carbonyl (C=O) groups excluding carboxylic acids is 1. The molecule has 102 valence electrons. The van der Waals surface area contributed by atoms with Gasteiger partial charge in [0.15, 0.2) is 0 Å². The first kappa shape index (κ1) is 14.0. The predicted octanol–water partition coefficient (Wildman–Crippen LogP) is 2.25. The maximum Gasteiger partial charge on any atom is 0.271 e. The number of benzene rings is 2. The molecular weight excluding hydrogens is 252 g/mol. The van der Waals surface area contributed by atoms with E-state index in [1.807, 2.05) is 31.2 Å². The van der Waals surface area contributed by atoms with Crippen LogP contribution in [-0.2, 0) is 6.61 Å². The summed E-state index contributed by atoms with van der Waals surface area (Å²) in [6.07, 6.45) is 1.58. The van der Waals surface area contributed by atoms with E-state index in [1.54, 1.807) is 30.5 Å². The molecule has 20 heavy (non-hydrogen) atoms. The first-order valence-electron chi connectivity index (χ1n) is 6.29. The molecule has 0 saturated carbocycles. The van der Waals surface area contributed by atoms with Gasteiger partial charge in [-0.1, -0.05) is 48.0 Å². The minimum Gasteiger partial charge on any atom is -0.392 e. The summed E-state index contributed by atoms with van der Waals surface area (Å²) in [7, 11) is 0. The maximum absolute atomic E-state index is 11.9. The van der Waals surface area contributed by atoms with Crippen LogP contribution in [-0.4, -0.2) is 17.2 Å². The number of aryl methyl sites for hydroxylation is 1. The van der Waals surface area contributed by atoms with Gasteiger partial charge in [0.25, 0.3) is 5.91 Å². The van der Waals surface area contributed by atoms with Crippen molar-refractivity contribution in [3.8, 4) is 0 Å². The zero-order valence-corrected chi connectivity index (χ0v) is 11.2. The van der Waals surface area contributed by atoms with Crippen molar-refractivity contribution < 1.29 is 9.90 Å². The molecule has 2 aromatic rings. The first-order chi connectivity index (χ1) is 9.70. The van der Waals surface area contributed by atoms with E-state index < -0.39 is 0 Å². The van der Waals surface area contributed by atoms with Crippen LogP contribution >= 0.6 is 0 Å². The second kappa shape index (κ2) is 6.63. The molecule has 4 nitrogen and oxygen atoms in total. The van der Waals surface area contributed by atoms with Crippen molar-refractivity contribution in [1.82, 2.24) is 5.43 Å². The normalized spacial score (nSPS) is 10.7. The Balaban J connectivity index is 2.03. The van der Waals surface area contributed by atoms with E-state index in [2.05, 4.69) is 10.5 Å². The van der Waals surface area contributed by atoms with E-state index in [4.69, 9.17) is 0 Å². The second-order valence-corrected chi connectivity index (χ2v) is 4.43. The fourth-order valence-electron chi connectivity index (χ4n) is 1.76. The Morgan fingerprint density at radius 3 is 2.60 bits per heavy atom. The molecule has 2 N–H and O–H groups in total. The number of aliphatic hydroxyl groups is 1. The minimum absolute atomic E-state index is 0.175. The fraction of sp³-hybridized carbons (Fsp3) is 0.125. The van der Waals surface area contributed by atoms with Crippen LogP contribution in [0.4, 0.5) is 0 Å². The average Bonchev–Trinajstić information content (AvgIpc) is 2.49. The standard InChI is InChI=1S/C16H16N2O2/c1-12-6-8-13(9-7-12)10-17-18-16(20)15-5-3-2-4-14(15)11-19/h2-10,19H,11H2,1H3,(H,18,20)/b17-10+. The van der Waals surface area contributed by atoms with Gasteiger partial charge in [-0.25, -0.2) is 5.43 Å². The number of nitrogens with zero attached hydrogens (tertiary/aromatic N) is 1. The molecule has 0 spiro atoms. The summed E-state index contributed by atoms with van der Waals surface area (Å²) in [5, 5.41) is 13.1. The molecule has 0 atom stereocenters. The van der Waals surface area contributed by atoms with Crippen LogP contribution in [0.2, 0.25) is 0 Å². The highest BCUT2D eigenvalue weighted by molar-refractivity contribution is 5.96. The minimum atomic E-state index is -0.335. The molecule has 0 aliphatic heterocycles. The van der Waals surface area contributed by atoms with E-state index in [0.29, 0.717) is 11.1 Å². The topological polar surface area (TPSA) is 61.7 Å². The highest BCUT2D eigenvalue weighted by atomic mass is 16.3. The van der Waals surface area contributed by atoms with Crippen LogP contribution in [0.15, 0.2) is 53.6 Å². The summed E-state index contributed by atoms with van der Waals surface area (Å²) in [5.74, 6) is -0.335. The van der Waals surface area contributed by atoms with Gasteiger partial charge in [-0.15, -0.1) is 0 Å². The van der Waals surface area contributed by atoms with Gasteiger partial charge in [0.2, 0.25) is 0 Å². The first-order valence-corrected chi connectivity index (χ1v) is 6.29. The van der Waals surface area contributed by atoms with Crippen molar-refractivity contribution in [2.75, 3.05) is 0 Å². The fourth-order valence-corrected chi connectivity index (χ4v) is 1.76.